The average Bonchev–Trinajstić information content (AvgIpc) is 1.70. The largest absolute Gasteiger partial charge is 0.486 e. The third kappa shape index (κ3) is 44.9. The van der Waals surface area contributed by atoms with Crippen LogP contribution < -0.4 is 0 Å². The molecule has 0 aromatic rings. The molecule has 0 aliphatic rings. The maximum Gasteiger partial charge on any atom is 0.486 e. The predicted molar refractivity (Wildman–Crippen MR) is 63.5 cm³/mol. The summed E-state index contributed by atoms with van der Waals surface area (Å²) in [4.78, 5) is 0. The Labute approximate surface area is 101 Å². The van der Waals surface area contributed by atoms with Gasteiger partial charge in [-0.15, -0.1) is 3.89 Å². The van der Waals surface area contributed by atoms with E-state index in [0.717, 1.165) is 0 Å². The second-order valence-electron chi connectivity index (χ2n) is 2.26. The molecule has 14 heteroatoms. The monoisotopic (exact) mass is 342 g/mol. The lowest BCUT2D eigenvalue weighted by atomic mass is 11.6. The van der Waals surface area contributed by atoms with E-state index in [9.17, 15) is 25.5 Å². The van der Waals surface area contributed by atoms with Gasteiger partial charge in [0.2, 0.25) is 10.2 Å². The molecule has 0 aliphatic heterocycles. The quantitative estimate of drug-likeness (QED) is 0.285. The Hall–Kier alpha value is -0.380. The highest BCUT2D eigenvalue weighted by molar-refractivity contribution is 7.95. The van der Waals surface area contributed by atoms with Gasteiger partial charge in [-0.25, -0.2) is 12.6 Å². The van der Waals surface area contributed by atoms with E-state index in [2.05, 4.69) is 11.7 Å². The summed E-state index contributed by atoms with van der Waals surface area (Å²) in [6.45, 7) is 0. The molecule has 0 radical (unpaired) electrons. The first kappa shape index (κ1) is 22.8. The predicted octanol–water partition coefficient (Wildman–Crippen LogP) is 0.405. The van der Waals surface area contributed by atoms with E-state index in [1.165, 1.54) is 0 Å². The van der Waals surface area contributed by atoms with E-state index in [1.54, 1.807) is 0 Å². The smallest absolute Gasteiger partial charge is 0.307 e. The first-order valence-electron chi connectivity index (χ1n) is 3.02. The molecule has 114 valence electrons. The van der Waals surface area contributed by atoms with Gasteiger partial charge in [-0.2, -0.15) is 13.2 Å². The van der Waals surface area contributed by atoms with Gasteiger partial charge in [0.1, 0.15) is 0 Å². The van der Waals surface area contributed by atoms with E-state index < -0.39 is 35.6 Å². The fourth-order valence-corrected chi connectivity index (χ4v) is 0. The minimum atomic E-state index is -5.09. The normalized spacial score (nSPS) is 18.0. The van der Waals surface area contributed by atoms with Crippen LogP contribution in [-0.4, -0.2) is 54.0 Å². The zero-order valence-corrected chi connectivity index (χ0v) is 10.8. The van der Waals surface area contributed by atoms with Crippen molar-refractivity contribution in [2.75, 3.05) is 0 Å². The molecule has 0 saturated carbocycles. The van der Waals surface area contributed by atoms with Crippen LogP contribution in [0.3, 0.4) is 0 Å². The van der Waals surface area contributed by atoms with Crippen molar-refractivity contribution in [1.82, 2.24) is 0 Å². The topological polar surface area (TPSA) is 132 Å². The molecule has 0 saturated heterocycles. The van der Waals surface area contributed by atoms with Crippen molar-refractivity contribution < 1.29 is 47.9 Å². The van der Waals surface area contributed by atoms with Crippen LogP contribution in [0, 0.1) is 0 Å². The maximum atomic E-state index is 11.0. The van der Waals surface area contributed by atoms with Crippen LogP contribution in [0.1, 0.15) is 0 Å². The van der Waals surface area contributed by atoms with E-state index >= 15 is 0 Å². The van der Waals surface area contributed by atoms with Gasteiger partial charge in [-0.3, -0.25) is 13.7 Å². The highest BCUT2D eigenvalue weighted by Crippen LogP contribution is 2.20. The van der Waals surface area contributed by atoms with Crippen molar-refractivity contribution in [2.45, 2.75) is 5.51 Å². The molecular weight excluding hydrogens is 332 g/mol. The van der Waals surface area contributed by atoms with Gasteiger partial charge in [0.05, 0.1) is 0 Å². The summed E-state index contributed by atoms with van der Waals surface area (Å²) in [5.41, 5.74) is -5.09. The lowest BCUT2D eigenvalue weighted by molar-refractivity contribution is -0.0455. The van der Waals surface area contributed by atoms with Gasteiger partial charge in [0.15, 0.2) is 19.9 Å². The molecule has 18 heavy (non-hydrogen) atoms. The minimum Gasteiger partial charge on any atom is -0.307 e. The summed E-state index contributed by atoms with van der Waals surface area (Å²) in [5, 5.41) is 0. The van der Waals surface area contributed by atoms with Crippen LogP contribution in [0.4, 0.5) is 17.1 Å². The van der Waals surface area contributed by atoms with Crippen molar-refractivity contribution in [3.8, 4) is 0 Å². The molecule has 0 aromatic heterocycles. The fourth-order valence-electron chi connectivity index (χ4n) is 0. The Bertz CT molecular complexity index is 480. The van der Waals surface area contributed by atoms with Gasteiger partial charge in [0, 0.05) is 11.7 Å². The summed E-state index contributed by atoms with van der Waals surface area (Å²) in [5.74, 6) is 6.60. The van der Waals surface area contributed by atoms with Gasteiger partial charge in [-0.1, -0.05) is 0 Å². The van der Waals surface area contributed by atoms with Crippen LogP contribution in [0.2, 0.25) is 0 Å². The third-order valence-corrected chi connectivity index (χ3v) is 1.08. The fraction of sp³-hybridized carbons (Fsp3) is 0.250. The van der Waals surface area contributed by atoms with Crippen molar-refractivity contribution in [3.05, 3.63) is 0 Å². The molecule has 0 rings (SSSR count). The summed E-state index contributed by atoms with van der Waals surface area (Å²) < 4.78 is 101. The first-order valence-corrected chi connectivity index (χ1v) is 7.93. The molecule has 0 bridgehead atoms. The molecule has 2 unspecified atom stereocenters. The van der Waals surface area contributed by atoms with Gasteiger partial charge in [0.25, 0.3) is 0 Å². The Morgan fingerprint density at radius 3 is 0.889 bits per heavy atom. The lowest BCUT2D eigenvalue weighted by Crippen LogP contribution is -2.21. The van der Waals surface area contributed by atoms with Crippen LogP contribution in [0.5, 0.6) is 0 Å². The molecular formula is C4H10F4O7S3. The van der Waals surface area contributed by atoms with Crippen LogP contribution in [0.25, 0.3) is 0 Å². The van der Waals surface area contributed by atoms with Crippen LogP contribution >= 0.6 is 0 Å². The van der Waals surface area contributed by atoms with Crippen molar-refractivity contribution in [1.29, 1.82) is 0 Å². The van der Waals surface area contributed by atoms with Gasteiger partial charge in [-0.05, 0) is 5.87 Å². The van der Waals surface area contributed by atoms with E-state index in [4.69, 9.17) is 22.4 Å². The SMILES string of the molecule is C=S(=O)(O)C(F)(F)F.C=S(=O)(O)F.C=S(=O)(O)O. The molecule has 7 nitrogen and oxygen atoms in total. The van der Waals surface area contributed by atoms with E-state index in [1.807, 2.05) is 5.87 Å². The Kier molecular flexibility index (Phi) is 9.19. The van der Waals surface area contributed by atoms with E-state index in [-0.39, 0.29) is 0 Å². The number of alkyl halides is 3. The van der Waals surface area contributed by atoms with Crippen LogP contribution in [0.15, 0.2) is 0 Å². The molecule has 2 atom stereocenters. The lowest BCUT2D eigenvalue weighted by Gasteiger charge is -2.03. The van der Waals surface area contributed by atoms with Gasteiger partial charge >= 0.3 is 5.51 Å². The number of hydrogen-bond donors (Lipinski definition) is 4. The minimum absolute atomic E-state index is 2.00. The number of rotatable bonds is 0. The molecule has 0 fully saturated rings. The second kappa shape index (κ2) is 7.27. The highest BCUT2D eigenvalue weighted by atomic mass is 32.3. The standard InChI is InChI=1S/C2H3F3O2S.CH3FO2S.CH4O3S/c1-8(6,7)2(3,4)5;2*1-5(2,3)4/h1H2,(H,6,7);1H2,(H,3,4);1H2,(H2,2,3,4). The summed E-state index contributed by atoms with van der Waals surface area (Å²) in [7, 11) is -12.7. The van der Waals surface area contributed by atoms with E-state index in [0.29, 0.717) is 0 Å². The Balaban J connectivity index is -0.000000197. The molecule has 0 spiro atoms. The molecule has 0 heterocycles. The maximum absolute atomic E-state index is 11.0. The first-order chi connectivity index (χ1) is 7.25. The van der Waals surface area contributed by atoms with Crippen molar-refractivity contribution in [2.24, 2.45) is 0 Å². The van der Waals surface area contributed by atoms with Gasteiger partial charge < -0.3 is 4.55 Å². The zero-order valence-electron chi connectivity index (χ0n) is 8.37. The average molecular weight is 342 g/mol. The molecule has 0 amide bonds. The molecule has 4 N–H and O–H groups in total. The highest BCUT2D eigenvalue weighted by Gasteiger charge is 2.38. The molecule has 0 aromatic carbocycles. The second-order valence-corrected chi connectivity index (χ2v) is 6.34. The number of hydrogen-bond acceptors (Lipinski definition) is 3. The molecule has 0 aliphatic carbocycles. The third-order valence-electron chi connectivity index (χ3n) is 0.362. The summed E-state index contributed by atoms with van der Waals surface area (Å²) >= 11 is 0. The number of halogens is 4. The van der Waals surface area contributed by atoms with Crippen molar-refractivity contribution >= 4 is 47.7 Å². The summed E-state index contributed by atoms with van der Waals surface area (Å²) in [6.07, 6.45) is 0. The summed E-state index contributed by atoms with van der Waals surface area (Å²) in [6, 6.07) is 0. The zero-order chi connectivity index (χ0) is 16.0. The van der Waals surface area contributed by atoms with Crippen molar-refractivity contribution in [3.63, 3.8) is 0 Å². The Morgan fingerprint density at radius 2 is 0.889 bits per heavy atom. The van der Waals surface area contributed by atoms with Crippen LogP contribution in [-0.2, 0) is 30.1 Å². The Morgan fingerprint density at radius 1 is 0.833 bits per heavy atom.